The number of rotatable bonds is 5. The van der Waals surface area contributed by atoms with Gasteiger partial charge >= 0.3 is 12.1 Å². The van der Waals surface area contributed by atoms with Crippen LogP contribution in [0, 0.1) is 21.4 Å². The monoisotopic (exact) mass is 303 g/mol. The topological polar surface area (TPSA) is 107 Å². The molecule has 0 aromatic heterocycles. The first-order valence-corrected chi connectivity index (χ1v) is 5.36. The van der Waals surface area contributed by atoms with E-state index in [4.69, 9.17) is 10.4 Å². The van der Waals surface area contributed by atoms with Crippen LogP contribution in [-0.2, 0) is 4.79 Å². The van der Waals surface area contributed by atoms with Gasteiger partial charge in [-0.25, -0.2) is 0 Å². The van der Waals surface area contributed by atoms with Crippen molar-refractivity contribution in [1.29, 1.82) is 5.26 Å². The number of nitriles is 1. The average molecular weight is 303 g/mol. The molecule has 7 nitrogen and oxygen atoms in total. The lowest BCUT2D eigenvalue weighted by Gasteiger charge is -2.24. The van der Waals surface area contributed by atoms with E-state index in [1.54, 1.807) is 0 Å². The number of alkyl halides is 3. The number of hydrogen-bond donors (Lipinski definition) is 1. The molecule has 0 radical (unpaired) electrons. The Morgan fingerprint density at radius 1 is 1.48 bits per heavy atom. The van der Waals surface area contributed by atoms with E-state index in [0.717, 1.165) is 18.2 Å². The van der Waals surface area contributed by atoms with E-state index in [0.29, 0.717) is 4.90 Å². The number of carbonyl (C=O) groups is 1. The number of nitro groups is 1. The molecule has 1 aromatic rings. The fourth-order valence-corrected chi connectivity index (χ4v) is 1.58. The van der Waals surface area contributed by atoms with Crippen LogP contribution in [0.2, 0.25) is 0 Å². The Morgan fingerprint density at radius 2 is 2.10 bits per heavy atom. The molecule has 0 aliphatic carbocycles. The first-order chi connectivity index (χ1) is 9.64. The smallest absolute Gasteiger partial charge is 0.405 e. The molecule has 10 heteroatoms. The largest absolute Gasteiger partial charge is 0.480 e. The van der Waals surface area contributed by atoms with Crippen LogP contribution >= 0.6 is 0 Å². The Bertz CT molecular complexity index is 610. The first kappa shape index (κ1) is 16.2. The van der Waals surface area contributed by atoms with Crippen LogP contribution in [0.4, 0.5) is 24.5 Å². The molecule has 0 aliphatic rings. The minimum Gasteiger partial charge on any atom is -0.480 e. The van der Waals surface area contributed by atoms with Crippen LogP contribution in [-0.4, -0.2) is 35.3 Å². The van der Waals surface area contributed by atoms with Crippen LogP contribution in [0.15, 0.2) is 18.2 Å². The van der Waals surface area contributed by atoms with E-state index in [1.165, 1.54) is 6.07 Å². The van der Waals surface area contributed by atoms with Crippen molar-refractivity contribution in [3.8, 4) is 6.07 Å². The number of aliphatic carboxylic acids is 1. The van der Waals surface area contributed by atoms with Crippen molar-refractivity contribution in [2.75, 3.05) is 18.0 Å². The highest BCUT2D eigenvalue weighted by atomic mass is 19.4. The van der Waals surface area contributed by atoms with Gasteiger partial charge in [0, 0.05) is 11.8 Å². The summed E-state index contributed by atoms with van der Waals surface area (Å²) in [5.41, 5.74) is -1.32. The Kier molecular flexibility index (Phi) is 4.70. The molecule has 0 saturated heterocycles. The highest BCUT2D eigenvalue weighted by Crippen LogP contribution is 2.27. The van der Waals surface area contributed by atoms with Gasteiger partial charge in [-0.2, -0.15) is 18.4 Å². The predicted molar refractivity (Wildman–Crippen MR) is 63.7 cm³/mol. The summed E-state index contributed by atoms with van der Waals surface area (Å²) in [6.45, 7) is -2.56. The third kappa shape index (κ3) is 4.64. The molecule has 0 aliphatic heterocycles. The average Bonchev–Trinajstić information content (AvgIpc) is 2.34. The minimum atomic E-state index is -4.68. The SMILES string of the molecule is N#Cc1ccc(N(CC(=O)O)CC(F)(F)F)cc1[N+](=O)[O-]. The summed E-state index contributed by atoms with van der Waals surface area (Å²) in [4.78, 5) is 20.9. The van der Waals surface area contributed by atoms with Crippen molar-refractivity contribution in [2.45, 2.75) is 6.18 Å². The molecule has 0 bridgehead atoms. The minimum absolute atomic E-state index is 0.305. The third-order valence-electron chi connectivity index (χ3n) is 2.36. The van der Waals surface area contributed by atoms with Gasteiger partial charge in [0.25, 0.3) is 5.69 Å². The van der Waals surface area contributed by atoms with Gasteiger partial charge in [0.2, 0.25) is 0 Å². The van der Waals surface area contributed by atoms with Crippen molar-refractivity contribution >= 4 is 17.3 Å². The quantitative estimate of drug-likeness (QED) is 0.657. The summed E-state index contributed by atoms with van der Waals surface area (Å²) in [6.07, 6.45) is -4.68. The molecule has 0 spiro atoms. The van der Waals surface area contributed by atoms with Crippen molar-refractivity contribution < 1.29 is 28.0 Å². The van der Waals surface area contributed by atoms with E-state index in [1.807, 2.05) is 0 Å². The highest BCUT2D eigenvalue weighted by Gasteiger charge is 2.32. The third-order valence-corrected chi connectivity index (χ3v) is 2.36. The number of benzene rings is 1. The van der Waals surface area contributed by atoms with Crippen molar-refractivity contribution in [2.24, 2.45) is 0 Å². The van der Waals surface area contributed by atoms with E-state index in [2.05, 4.69) is 0 Å². The van der Waals surface area contributed by atoms with Gasteiger partial charge in [-0.05, 0) is 12.1 Å². The number of carboxylic acid groups (broad SMARTS) is 1. The number of nitrogens with zero attached hydrogens (tertiary/aromatic N) is 3. The molecule has 0 heterocycles. The summed E-state index contributed by atoms with van der Waals surface area (Å²) in [6, 6.07) is 4.28. The molecule has 1 aromatic carbocycles. The van der Waals surface area contributed by atoms with E-state index < -0.39 is 35.8 Å². The van der Waals surface area contributed by atoms with Crippen LogP contribution in [0.25, 0.3) is 0 Å². The second-order valence-electron chi connectivity index (χ2n) is 3.94. The van der Waals surface area contributed by atoms with Gasteiger partial charge in [-0.3, -0.25) is 14.9 Å². The zero-order valence-corrected chi connectivity index (χ0v) is 10.3. The van der Waals surface area contributed by atoms with Crippen LogP contribution in [0.3, 0.4) is 0 Å². The zero-order valence-electron chi connectivity index (χ0n) is 10.3. The number of hydrogen-bond acceptors (Lipinski definition) is 5. The van der Waals surface area contributed by atoms with Gasteiger partial charge in [-0.15, -0.1) is 0 Å². The summed E-state index contributed by atoms with van der Waals surface area (Å²) in [5.74, 6) is -1.52. The Labute approximate surface area is 116 Å². The van der Waals surface area contributed by atoms with Crippen molar-refractivity contribution in [1.82, 2.24) is 0 Å². The molecule has 1 N–H and O–H groups in total. The molecular weight excluding hydrogens is 295 g/mol. The van der Waals surface area contributed by atoms with E-state index in [-0.39, 0.29) is 11.3 Å². The number of carboxylic acids is 1. The summed E-state index contributed by atoms with van der Waals surface area (Å²) >= 11 is 0. The lowest BCUT2D eigenvalue weighted by Crippen LogP contribution is -2.38. The highest BCUT2D eigenvalue weighted by molar-refractivity contribution is 5.74. The molecule has 0 saturated carbocycles. The lowest BCUT2D eigenvalue weighted by molar-refractivity contribution is -0.385. The molecule has 0 amide bonds. The standard InChI is InChI=1S/C11H8F3N3O4/c12-11(13,14)6-16(5-10(18)19)8-2-1-7(4-15)9(3-8)17(20)21/h1-3H,5-6H2,(H,18,19). The van der Waals surface area contributed by atoms with Gasteiger partial charge in [-0.1, -0.05) is 0 Å². The van der Waals surface area contributed by atoms with Crippen molar-refractivity contribution in [3.05, 3.63) is 33.9 Å². The molecule has 21 heavy (non-hydrogen) atoms. The fraction of sp³-hybridized carbons (Fsp3) is 0.273. The number of halogens is 3. The molecule has 0 atom stereocenters. The van der Waals surface area contributed by atoms with Gasteiger partial charge in [0.15, 0.2) is 0 Å². The molecule has 1 rings (SSSR count). The Hall–Kier alpha value is -2.83. The Balaban J connectivity index is 3.25. The maximum Gasteiger partial charge on any atom is 0.405 e. The molecule has 112 valence electrons. The number of nitro benzene ring substituents is 1. The summed E-state index contributed by atoms with van der Waals surface area (Å²) in [7, 11) is 0. The second kappa shape index (κ2) is 6.08. The maximum atomic E-state index is 12.4. The van der Waals surface area contributed by atoms with Gasteiger partial charge in [0.1, 0.15) is 24.7 Å². The van der Waals surface area contributed by atoms with Crippen LogP contribution < -0.4 is 4.90 Å². The summed E-state index contributed by atoms with van der Waals surface area (Å²) in [5, 5.41) is 28.1. The predicted octanol–water partition coefficient (Wildman–Crippen LogP) is 1.92. The van der Waals surface area contributed by atoms with E-state index >= 15 is 0 Å². The van der Waals surface area contributed by atoms with Crippen molar-refractivity contribution in [3.63, 3.8) is 0 Å². The second-order valence-corrected chi connectivity index (χ2v) is 3.94. The van der Waals surface area contributed by atoms with Crippen LogP contribution in [0.5, 0.6) is 0 Å². The normalized spacial score (nSPS) is 10.8. The molecular formula is C11H8F3N3O4. The zero-order chi connectivity index (χ0) is 16.2. The van der Waals surface area contributed by atoms with Gasteiger partial charge in [0.05, 0.1) is 4.92 Å². The summed E-state index contributed by atoms with van der Waals surface area (Å²) < 4.78 is 37.3. The number of anilines is 1. The van der Waals surface area contributed by atoms with E-state index in [9.17, 15) is 28.1 Å². The molecule has 0 unspecified atom stereocenters. The lowest BCUT2D eigenvalue weighted by atomic mass is 10.1. The Morgan fingerprint density at radius 3 is 2.52 bits per heavy atom. The van der Waals surface area contributed by atoms with Crippen LogP contribution in [0.1, 0.15) is 5.56 Å². The first-order valence-electron chi connectivity index (χ1n) is 5.36. The maximum absolute atomic E-state index is 12.4. The fourth-order valence-electron chi connectivity index (χ4n) is 1.58. The molecule has 0 fully saturated rings. The van der Waals surface area contributed by atoms with Gasteiger partial charge < -0.3 is 10.0 Å².